The number of amides is 2. The van der Waals surface area contributed by atoms with E-state index in [1.165, 1.54) is 4.90 Å². The number of fused-ring (bicyclic) bond motifs is 3. The molecule has 0 saturated carbocycles. The highest BCUT2D eigenvalue weighted by molar-refractivity contribution is 5.90. The third kappa shape index (κ3) is 6.04. The lowest BCUT2D eigenvalue weighted by molar-refractivity contribution is -0.161. The van der Waals surface area contributed by atoms with Crippen molar-refractivity contribution < 1.29 is 29.0 Å². The average molecular weight is 571 g/mol. The number of ether oxygens (including phenoxy) is 2. The fraction of sp³-hybridized carbons (Fsp3) is 0.382. The summed E-state index contributed by atoms with van der Waals surface area (Å²) in [4.78, 5) is 41.0. The molecule has 1 fully saturated rings. The first kappa shape index (κ1) is 29.3. The number of carboxylic acid groups (broad SMARTS) is 1. The summed E-state index contributed by atoms with van der Waals surface area (Å²) in [6.07, 6.45) is -0.163. The van der Waals surface area contributed by atoms with Crippen LogP contribution in [0.1, 0.15) is 56.2 Å². The van der Waals surface area contributed by atoms with Crippen LogP contribution in [0.4, 0.5) is 4.79 Å². The summed E-state index contributed by atoms with van der Waals surface area (Å²) >= 11 is 0. The van der Waals surface area contributed by atoms with Crippen molar-refractivity contribution in [3.05, 3.63) is 95.6 Å². The van der Waals surface area contributed by atoms with Crippen LogP contribution in [0.5, 0.6) is 0 Å². The highest BCUT2D eigenvalue weighted by Crippen LogP contribution is 2.44. The van der Waals surface area contributed by atoms with Crippen LogP contribution in [0.2, 0.25) is 0 Å². The van der Waals surface area contributed by atoms with Gasteiger partial charge in [-0.15, -0.1) is 0 Å². The number of likely N-dealkylation sites (tertiary alicyclic amines) is 1. The average Bonchev–Trinajstić information content (AvgIpc) is 3.30. The van der Waals surface area contributed by atoms with E-state index in [0.717, 1.165) is 27.8 Å². The van der Waals surface area contributed by atoms with Gasteiger partial charge < -0.3 is 24.8 Å². The number of hydrogen-bond acceptors (Lipinski definition) is 5. The number of piperidine rings is 1. The first-order chi connectivity index (χ1) is 20.2. The highest BCUT2D eigenvalue weighted by Gasteiger charge is 2.47. The van der Waals surface area contributed by atoms with E-state index in [9.17, 15) is 19.5 Å². The highest BCUT2D eigenvalue weighted by atomic mass is 16.5. The standard InChI is InChI=1S/C34H38N2O6/c1-22(41-20-23-12-5-4-6-13-23)29(31(37)36-19-11-18-34(2,3)30(36)32(38)39)35-33(40)42-21-28-26-16-9-7-14-24(26)25-15-8-10-17-27(25)28/h4-10,12-17,22,28-30H,11,18-21H2,1-3H3,(H,35,40)(H,38,39)/t22-,29+,30?/m0/s1. The van der Waals surface area contributed by atoms with Gasteiger partial charge in [-0.1, -0.05) is 92.7 Å². The first-order valence-electron chi connectivity index (χ1n) is 14.5. The van der Waals surface area contributed by atoms with Gasteiger partial charge in [0, 0.05) is 12.5 Å². The van der Waals surface area contributed by atoms with Crippen LogP contribution in [0.15, 0.2) is 78.9 Å². The number of carboxylic acids is 1. The molecule has 2 N–H and O–H groups in total. The smallest absolute Gasteiger partial charge is 0.407 e. The maximum atomic E-state index is 14.0. The molecule has 0 radical (unpaired) electrons. The molecular formula is C34H38N2O6. The van der Waals surface area contributed by atoms with Crippen molar-refractivity contribution in [2.24, 2.45) is 5.41 Å². The molecule has 1 aliphatic carbocycles. The molecule has 8 nitrogen and oxygen atoms in total. The van der Waals surface area contributed by atoms with Gasteiger partial charge in [-0.3, -0.25) is 4.79 Å². The normalized spacial score (nSPS) is 18.8. The van der Waals surface area contributed by atoms with Gasteiger partial charge in [0.1, 0.15) is 18.7 Å². The zero-order valence-corrected chi connectivity index (χ0v) is 24.3. The van der Waals surface area contributed by atoms with Gasteiger partial charge in [0.15, 0.2) is 0 Å². The Hall–Kier alpha value is -4.17. The van der Waals surface area contributed by atoms with Crippen molar-refractivity contribution in [1.29, 1.82) is 0 Å². The molecule has 5 rings (SSSR count). The Morgan fingerprint density at radius 1 is 0.952 bits per heavy atom. The van der Waals surface area contributed by atoms with Gasteiger partial charge in [-0.05, 0) is 53.0 Å². The van der Waals surface area contributed by atoms with Gasteiger partial charge in [0.25, 0.3) is 0 Å². The summed E-state index contributed by atoms with van der Waals surface area (Å²) in [6, 6.07) is 23.5. The van der Waals surface area contributed by atoms with E-state index in [0.29, 0.717) is 12.8 Å². The molecule has 1 heterocycles. The Morgan fingerprint density at radius 3 is 2.17 bits per heavy atom. The van der Waals surface area contributed by atoms with Gasteiger partial charge in [0.05, 0.1) is 12.7 Å². The number of hydrogen-bond donors (Lipinski definition) is 2. The van der Waals surface area contributed by atoms with Crippen LogP contribution in [-0.2, 0) is 25.7 Å². The van der Waals surface area contributed by atoms with E-state index >= 15 is 0 Å². The van der Waals surface area contributed by atoms with E-state index in [1.54, 1.807) is 6.92 Å². The monoisotopic (exact) mass is 570 g/mol. The molecule has 3 aromatic carbocycles. The van der Waals surface area contributed by atoms with Gasteiger partial charge in [-0.25, -0.2) is 9.59 Å². The van der Waals surface area contributed by atoms with E-state index in [1.807, 2.05) is 80.6 Å². The topological polar surface area (TPSA) is 105 Å². The minimum absolute atomic E-state index is 0.0918. The number of rotatable bonds is 9. The van der Waals surface area contributed by atoms with Crippen molar-refractivity contribution in [3.8, 4) is 11.1 Å². The van der Waals surface area contributed by atoms with E-state index in [2.05, 4.69) is 17.4 Å². The number of nitrogens with one attached hydrogen (secondary N) is 1. The van der Waals surface area contributed by atoms with Gasteiger partial charge in [0.2, 0.25) is 5.91 Å². The number of nitrogens with zero attached hydrogens (tertiary/aromatic N) is 1. The number of benzene rings is 3. The predicted octanol–water partition coefficient (Wildman–Crippen LogP) is 5.60. The largest absolute Gasteiger partial charge is 0.480 e. The second kappa shape index (κ2) is 12.4. The molecule has 0 aromatic heterocycles. The summed E-state index contributed by atoms with van der Waals surface area (Å²) < 4.78 is 11.8. The number of carbonyl (C=O) groups is 3. The van der Waals surface area contributed by atoms with Crippen LogP contribution < -0.4 is 5.32 Å². The van der Waals surface area contributed by atoms with Gasteiger partial charge in [-0.2, -0.15) is 0 Å². The molecular weight excluding hydrogens is 532 g/mol. The molecule has 1 saturated heterocycles. The Balaban J connectivity index is 1.34. The summed E-state index contributed by atoms with van der Waals surface area (Å²) in [5, 5.41) is 12.8. The second-order valence-corrected chi connectivity index (χ2v) is 11.8. The lowest BCUT2D eigenvalue weighted by atomic mass is 9.76. The molecule has 220 valence electrons. The number of carbonyl (C=O) groups excluding carboxylic acids is 2. The van der Waals surface area contributed by atoms with Gasteiger partial charge >= 0.3 is 12.1 Å². The quantitative estimate of drug-likeness (QED) is 0.347. The third-order valence-corrected chi connectivity index (χ3v) is 8.50. The minimum Gasteiger partial charge on any atom is -0.480 e. The molecule has 0 spiro atoms. The summed E-state index contributed by atoms with van der Waals surface area (Å²) in [6.45, 7) is 6.03. The molecule has 8 heteroatoms. The van der Waals surface area contributed by atoms with Crippen molar-refractivity contribution in [3.63, 3.8) is 0 Å². The Labute approximate surface area is 246 Å². The summed E-state index contributed by atoms with van der Waals surface area (Å²) in [7, 11) is 0. The van der Waals surface area contributed by atoms with Crippen LogP contribution in [0.3, 0.4) is 0 Å². The molecule has 3 aromatic rings. The van der Waals surface area contributed by atoms with Crippen LogP contribution in [0.25, 0.3) is 11.1 Å². The molecule has 2 aliphatic rings. The molecule has 1 unspecified atom stereocenters. The minimum atomic E-state index is -1.14. The van der Waals surface area contributed by atoms with E-state index in [-0.39, 0.29) is 25.7 Å². The summed E-state index contributed by atoms with van der Waals surface area (Å²) in [5.41, 5.74) is 4.69. The Morgan fingerprint density at radius 2 is 1.55 bits per heavy atom. The van der Waals surface area contributed by atoms with Crippen molar-refractivity contribution in [1.82, 2.24) is 10.2 Å². The fourth-order valence-electron chi connectivity index (χ4n) is 6.32. The van der Waals surface area contributed by atoms with E-state index < -0.39 is 41.6 Å². The maximum Gasteiger partial charge on any atom is 0.407 e. The lowest BCUT2D eigenvalue weighted by Crippen LogP contribution is -2.62. The Bertz CT molecular complexity index is 1390. The van der Waals surface area contributed by atoms with Crippen LogP contribution in [0, 0.1) is 5.41 Å². The number of alkyl carbamates (subject to hydrolysis) is 1. The third-order valence-electron chi connectivity index (χ3n) is 8.50. The van der Waals surface area contributed by atoms with E-state index in [4.69, 9.17) is 9.47 Å². The van der Waals surface area contributed by atoms with Crippen molar-refractivity contribution in [2.75, 3.05) is 13.2 Å². The van der Waals surface area contributed by atoms with Crippen LogP contribution in [-0.4, -0.2) is 59.3 Å². The second-order valence-electron chi connectivity index (χ2n) is 11.8. The van der Waals surface area contributed by atoms with Crippen molar-refractivity contribution >= 4 is 18.0 Å². The zero-order valence-electron chi connectivity index (χ0n) is 24.3. The zero-order chi connectivity index (χ0) is 29.9. The first-order valence-corrected chi connectivity index (χ1v) is 14.5. The molecule has 3 atom stereocenters. The lowest BCUT2D eigenvalue weighted by Gasteiger charge is -2.45. The maximum absolute atomic E-state index is 14.0. The molecule has 1 aliphatic heterocycles. The van der Waals surface area contributed by atoms with Crippen molar-refractivity contribution in [2.45, 2.75) is 64.3 Å². The molecule has 0 bridgehead atoms. The molecule has 42 heavy (non-hydrogen) atoms. The van der Waals surface area contributed by atoms with Crippen LogP contribution >= 0.6 is 0 Å². The Kier molecular flexibility index (Phi) is 8.64. The SMILES string of the molecule is C[C@H](OCc1ccccc1)[C@@H](NC(=O)OCC1c2ccccc2-c2ccccc21)C(=O)N1CCCC(C)(C)C1C(=O)O. The summed E-state index contributed by atoms with van der Waals surface area (Å²) in [5.74, 6) is -1.70. The predicted molar refractivity (Wildman–Crippen MR) is 159 cm³/mol. The fourth-order valence-corrected chi connectivity index (χ4v) is 6.32. The number of aliphatic carboxylic acids is 1. The molecule has 2 amide bonds.